The smallest absolute Gasteiger partial charge is 0.216 e. The summed E-state index contributed by atoms with van der Waals surface area (Å²) in [5.41, 5.74) is -0.747. The number of hydrogen-bond donors (Lipinski definition) is 5. The molecule has 3 aliphatic heterocycles. The van der Waals surface area contributed by atoms with E-state index in [0.717, 1.165) is 0 Å². The van der Waals surface area contributed by atoms with E-state index < -0.39 is 36.8 Å². The molecule has 3 aliphatic rings. The van der Waals surface area contributed by atoms with Gasteiger partial charge in [-0.2, -0.15) is 0 Å². The average molecular weight is 284 g/mol. The molecule has 0 aliphatic carbocycles. The third kappa shape index (κ3) is 1.64. The van der Waals surface area contributed by atoms with Gasteiger partial charge in [0.1, 0.15) is 24.0 Å². The summed E-state index contributed by atoms with van der Waals surface area (Å²) in [6.07, 6.45) is -1.51. The van der Waals surface area contributed by atoms with Crippen molar-refractivity contribution < 1.29 is 25.2 Å². The van der Waals surface area contributed by atoms with Gasteiger partial charge < -0.3 is 35.4 Å². The normalized spacial score (nSPS) is 43.1. The number of aliphatic hydroxyl groups excluding tert-OH is 4. The molecule has 0 aromatic rings. The lowest BCUT2D eigenvalue weighted by Crippen LogP contribution is -2.53. The van der Waals surface area contributed by atoms with E-state index in [4.69, 9.17) is 9.84 Å². The van der Waals surface area contributed by atoms with Gasteiger partial charge in [0.15, 0.2) is 11.9 Å². The van der Waals surface area contributed by atoms with Crippen molar-refractivity contribution in [3.63, 3.8) is 0 Å². The van der Waals surface area contributed by atoms with Crippen LogP contribution in [0.15, 0.2) is 21.6 Å². The van der Waals surface area contributed by atoms with E-state index >= 15 is 0 Å². The molecular weight excluding hydrogens is 268 g/mol. The van der Waals surface area contributed by atoms with Gasteiger partial charge >= 0.3 is 0 Å². The Balaban J connectivity index is 1.91. The second-order valence-corrected chi connectivity index (χ2v) is 5.00. The van der Waals surface area contributed by atoms with Gasteiger partial charge in [-0.15, -0.1) is 0 Å². The summed E-state index contributed by atoms with van der Waals surface area (Å²) in [6.45, 7) is 1.28. The van der Waals surface area contributed by atoms with E-state index in [-0.39, 0.29) is 11.6 Å². The second-order valence-electron chi connectivity index (χ2n) is 5.00. The van der Waals surface area contributed by atoms with Crippen LogP contribution in [0.1, 0.15) is 6.92 Å². The highest BCUT2D eigenvalue weighted by atomic mass is 16.6. The number of aliphatic imine (C=N–C) groups is 2. The SMILES string of the molecule is CC12N=CNC(O)=C1N=CN2[C@@H]1O[C@H](CO)[C@@H](O)[C@H]1O. The predicted molar refractivity (Wildman–Crippen MR) is 67.8 cm³/mol. The fourth-order valence-electron chi connectivity index (χ4n) is 2.60. The Hall–Kier alpha value is -1.68. The van der Waals surface area contributed by atoms with Crippen LogP contribution in [0.25, 0.3) is 0 Å². The zero-order valence-corrected chi connectivity index (χ0v) is 10.7. The van der Waals surface area contributed by atoms with Crippen LogP contribution in [0.5, 0.6) is 0 Å². The van der Waals surface area contributed by atoms with E-state index in [9.17, 15) is 15.3 Å². The summed E-state index contributed by atoms with van der Waals surface area (Å²) in [4.78, 5) is 9.79. The molecule has 3 heterocycles. The van der Waals surface area contributed by atoms with E-state index in [1.54, 1.807) is 6.92 Å². The molecule has 0 aromatic heterocycles. The molecular formula is C11H16N4O5. The minimum atomic E-state index is -1.22. The minimum absolute atomic E-state index is 0.131. The van der Waals surface area contributed by atoms with Gasteiger partial charge in [0, 0.05) is 0 Å². The first-order valence-corrected chi connectivity index (χ1v) is 6.18. The molecule has 3 rings (SSSR count). The molecule has 0 aromatic carbocycles. The molecule has 0 saturated carbocycles. The number of fused-ring (bicyclic) bond motifs is 1. The third-order valence-electron chi connectivity index (χ3n) is 3.80. The lowest BCUT2D eigenvalue weighted by molar-refractivity contribution is -0.0889. The fourth-order valence-corrected chi connectivity index (χ4v) is 2.60. The number of rotatable bonds is 2. The summed E-state index contributed by atoms with van der Waals surface area (Å²) < 4.78 is 5.45. The highest BCUT2D eigenvalue weighted by molar-refractivity contribution is 5.70. The van der Waals surface area contributed by atoms with E-state index in [2.05, 4.69) is 15.3 Å². The highest BCUT2D eigenvalue weighted by Gasteiger charge is 2.53. The second kappa shape index (κ2) is 4.42. The van der Waals surface area contributed by atoms with E-state index in [1.165, 1.54) is 17.6 Å². The van der Waals surface area contributed by atoms with Crippen molar-refractivity contribution in [2.75, 3.05) is 6.61 Å². The Morgan fingerprint density at radius 2 is 2.20 bits per heavy atom. The maximum absolute atomic E-state index is 10.1. The van der Waals surface area contributed by atoms with Crippen molar-refractivity contribution in [1.82, 2.24) is 10.2 Å². The van der Waals surface area contributed by atoms with Crippen LogP contribution >= 0.6 is 0 Å². The van der Waals surface area contributed by atoms with Crippen LogP contribution in [-0.4, -0.2) is 74.8 Å². The van der Waals surface area contributed by atoms with Crippen LogP contribution in [0.3, 0.4) is 0 Å². The van der Waals surface area contributed by atoms with Gasteiger partial charge in [-0.25, -0.2) is 9.98 Å². The molecule has 1 fully saturated rings. The molecule has 1 unspecified atom stereocenters. The van der Waals surface area contributed by atoms with E-state index in [0.29, 0.717) is 0 Å². The number of nitrogens with one attached hydrogen (secondary N) is 1. The van der Waals surface area contributed by atoms with Crippen LogP contribution in [0, 0.1) is 0 Å². The summed E-state index contributed by atoms with van der Waals surface area (Å²) in [5.74, 6) is -0.131. The van der Waals surface area contributed by atoms with Gasteiger partial charge in [0.05, 0.1) is 19.3 Å². The Morgan fingerprint density at radius 1 is 1.45 bits per heavy atom. The Bertz CT molecular complexity index is 507. The highest BCUT2D eigenvalue weighted by Crippen LogP contribution is 2.38. The summed E-state index contributed by atoms with van der Waals surface area (Å²) in [5, 5.41) is 41.3. The van der Waals surface area contributed by atoms with Crippen molar-refractivity contribution in [2.24, 2.45) is 9.98 Å². The average Bonchev–Trinajstić information content (AvgIpc) is 2.90. The van der Waals surface area contributed by atoms with Gasteiger partial charge in [0.2, 0.25) is 5.88 Å². The number of ether oxygens (including phenoxy) is 1. The first-order chi connectivity index (χ1) is 9.49. The van der Waals surface area contributed by atoms with Crippen LogP contribution in [0.2, 0.25) is 0 Å². The van der Waals surface area contributed by atoms with E-state index in [1.807, 2.05) is 0 Å². The molecule has 9 nitrogen and oxygen atoms in total. The standard InChI is InChI=1S/C11H16N4O5/c1-11-8(9(19)12-3-14-11)13-4-15(11)10-7(18)6(17)5(2-16)20-10/h3-7,10,16-19H,2H2,1H3,(H,12,14)/t5-,6-,7-,10-,11?/m1/s1. The van der Waals surface area contributed by atoms with Crippen molar-refractivity contribution in [3.05, 3.63) is 11.6 Å². The maximum atomic E-state index is 10.1. The topological polar surface area (TPSA) is 130 Å². The Labute approximate surface area is 114 Å². The van der Waals surface area contributed by atoms with Crippen LogP contribution in [-0.2, 0) is 4.74 Å². The van der Waals surface area contributed by atoms with Crippen molar-refractivity contribution in [1.29, 1.82) is 0 Å². The first kappa shape index (κ1) is 13.3. The van der Waals surface area contributed by atoms with Crippen molar-refractivity contribution in [2.45, 2.75) is 37.1 Å². The minimum Gasteiger partial charge on any atom is -0.493 e. The monoisotopic (exact) mass is 284 g/mol. The fraction of sp³-hybridized carbons (Fsp3) is 0.636. The van der Waals surface area contributed by atoms with Crippen LogP contribution < -0.4 is 5.32 Å². The molecule has 5 atom stereocenters. The summed E-state index contributed by atoms with van der Waals surface area (Å²) in [6, 6.07) is 0. The Morgan fingerprint density at radius 3 is 2.85 bits per heavy atom. The third-order valence-corrected chi connectivity index (χ3v) is 3.80. The van der Waals surface area contributed by atoms with Crippen molar-refractivity contribution in [3.8, 4) is 0 Å². The molecule has 9 heteroatoms. The molecule has 5 N–H and O–H groups in total. The number of hydrogen-bond acceptors (Lipinski definition) is 9. The zero-order chi connectivity index (χ0) is 14.5. The number of nitrogens with zero attached hydrogens (tertiary/aromatic N) is 3. The predicted octanol–water partition coefficient (Wildman–Crippen LogP) is -2.16. The van der Waals surface area contributed by atoms with Crippen molar-refractivity contribution >= 4 is 12.7 Å². The lowest BCUT2D eigenvalue weighted by atomic mass is 10.1. The number of aliphatic hydroxyl groups is 4. The first-order valence-electron chi connectivity index (χ1n) is 6.18. The lowest BCUT2D eigenvalue weighted by Gasteiger charge is -2.38. The molecule has 0 bridgehead atoms. The molecule has 20 heavy (non-hydrogen) atoms. The van der Waals surface area contributed by atoms with Gasteiger partial charge in [-0.3, -0.25) is 0 Å². The summed E-state index contributed by atoms with van der Waals surface area (Å²) >= 11 is 0. The van der Waals surface area contributed by atoms with Gasteiger partial charge in [-0.05, 0) is 6.92 Å². The summed E-state index contributed by atoms with van der Waals surface area (Å²) in [7, 11) is 0. The Kier molecular flexibility index (Phi) is 2.94. The van der Waals surface area contributed by atoms with Gasteiger partial charge in [-0.1, -0.05) is 0 Å². The van der Waals surface area contributed by atoms with Gasteiger partial charge in [0.25, 0.3) is 0 Å². The maximum Gasteiger partial charge on any atom is 0.216 e. The zero-order valence-electron chi connectivity index (χ0n) is 10.7. The molecule has 110 valence electrons. The quantitative estimate of drug-likeness (QED) is 0.390. The molecule has 0 spiro atoms. The van der Waals surface area contributed by atoms with Crippen LogP contribution in [0.4, 0.5) is 0 Å². The largest absolute Gasteiger partial charge is 0.493 e. The molecule has 0 amide bonds. The molecule has 0 radical (unpaired) electrons. The molecule has 1 saturated heterocycles.